The van der Waals surface area contributed by atoms with Crippen LogP contribution in [0.3, 0.4) is 0 Å². The van der Waals surface area contributed by atoms with Gasteiger partial charge < -0.3 is 15.2 Å². The first-order chi connectivity index (χ1) is 9.10. The van der Waals surface area contributed by atoms with Gasteiger partial charge in [-0.15, -0.1) is 0 Å². The Morgan fingerprint density at radius 1 is 1.42 bits per heavy atom. The number of nitrogens with one attached hydrogen (secondary N) is 1. The Balaban J connectivity index is 2.09. The van der Waals surface area contributed by atoms with Crippen molar-refractivity contribution in [3.63, 3.8) is 0 Å². The monoisotopic (exact) mass is 263 g/mol. The highest BCUT2D eigenvalue weighted by Gasteiger charge is 2.23. The number of hydrogen-bond donors (Lipinski definition) is 2. The second-order valence-corrected chi connectivity index (χ2v) is 4.59. The van der Waals surface area contributed by atoms with Crippen molar-refractivity contribution in [3.8, 4) is 5.75 Å². The summed E-state index contributed by atoms with van der Waals surface area (Å²) in [6.45, 7) is 2.18. The van der Waals surface area contributed by atoms with Crippen molar-refractivity contribution in [2.75, 3.05) is 6.61 Å². The third kappa shape index (κ3) is 3.71. The van der Waals surface area contributed by atoms with Gasteiger partial charge in [-0.25, -0.2) is 4.79 Å². The van der Waals surface area contributed by atoms with Crippen molar-refractivity contribution >= 4 is 11.9 Å². The highest BCUT2D eigenvalue weighted by molar-refractivity contribution is 5.91. The summed E-state index contributed by atoms with van der Waals surface area (Å²) in [6, 6.07) is 5.09. The molecule has 0 spiro atoms. The van der Waals surface area contributed by atoms with E-state index in [-0.39, 0.29) is 17.9 Å². The number of carbonyl (C=O) groups is 2. The first-order valence-electron chi connectivity index (χ1n) is 6.38. The van der Waals surface area contributed by atoms with E-state index in [2.05, 4.69) is 5.32 Å². The number of rotatable bonds is 6. The zero-order valence-electron chi connectivity index (χ0n) is 10.8. The lowest BCUT2D eigenvalue weighted by atomic mass is 10.1. The normalized spacial score (nSPS) is 13.9. The van der Waals surface area contributed by atoms with Gasteiger partial charge in [0.15, 0.2) is 0 Å². The van der Waals surface area contributed by atoms with Gasteiger partial charge in [0.25, 0.3) is 0 Å². The van der Waals surface area contributed by atoms with E-state index in [0.717, 1.165) is 18.4 Å². The number of hydrogen-bond acceptors (Lipinski definition) is 3. The zero-order valence-corrected chi connectivity index (χ0v) is 10.8. The van der Waals surface area contributed by atoms with Crippen LogP contribution in [0.25, 0.3) is 0 Å². The van der Waals surface area contributed by atoms with Crippen molar-refractivity contribution in [2.24, 2.45) is 0 Å². The van der Waals surface area contributed by atoms with Gasteiger partial charge in [-0.05, 0) is 37.5 Å². The molecule has 0 aliphatic heterocycles. The number of amides is 1. The number of benzene rings is 1. The van der Waals surface area contributed by atoms with E-state index in [9.17, 15) is 9.59 Å². The molecule has 1 amide bonds. The van der Waals surface area contributed by atoms with Crippen LogP contribution < -0.4 is 10.1 Å². The first-order valence-corrected chi connectivity index (χ1v) is 6.38. The lowest BCUT2D eigenvalue weighted by molar-refractivity contribution is -0.120. The smallest absolute Gasteiger partial charge is 0.339 e. The minimum absolute atomic E-state index is 0.0342. The molecule has 0 aromatic heterocycles. The van der Waals surface area contributed by atoms with Gasteiger partial charge >= 0.3 is 5.97 Å². The Labute approximate surface area is 111 Å². The summed E-state index contributed by atoms with van der Waals surface area (Å²) >= 11 is 0. The summed E-state index contributed by atoms with van der Waals surface area (Å²) in [5, 5.41) is 11.9. The maximum absolute atomic E-state index is 11.7. The van der Waals surface area contributed by atoms with Crippen LogP contribution >= 0.6 is 0 Å². The van der Waals surface area contributed by atoms with Crippen LogP contribution in [-0.4, -0.2) is 29.6 Å². The minimum Gasteiger partial charge on any atom is -0.493 e. The summed E-state index contributed by atoms with van der Waals surface area (Å²) in [4.78, 5) is 22.7. The average Bonchev–Trinajstić information content (AvgIpc) is 3.13. The predicted octanol–water partition coefficient (Wildman–Crippen LogP) is 1.60. The number of carbonyl (C=O) groups excluding carboxylic acids is 1. The molecule has 1 aromatic carbocycles. The van der Waals surface area contributed by atoms with Gasteiger partial charge in [0, 0.05) is 6.04 Å². The molecule has 0 atom stereocenters. The molecule has 0 unspecified atom stereocenters. The maximum Gasteiger partial charge on any atom is 0.339 e. The average molecular weight is 263 g/mol. The Hall–Kier alpha value is -2.04. The molecule has 1 aliphatic rings. The van der Waals surface area contributed by atoms with E-state index in [1.807, 2.05) is 0 Å². The van der Waals surface area contributed by atoms with E-state index >= 15 is 0 Å². The zero-order chi connectivity index (χ0) is 13.8. The lowest BCUT2D eigenvalue weighted by Crippen LogP contribution is -2.27. The Bertz CT molecular complexity index is 494. The molecule has 1 fully saturated rings. The molecule has 102 valence electrons. The summed E-state index contributed by atoms with van der Waals surface area (Å²) in [5.74, 6) is -0.753. The summed E-state index contributed by atoms with van der Waals surface area (Å²) < 4.78 is 5.30. The highest BCUT2D eigenvalue weighted by atomic mass is 16.5. The van der Waals surface area contributed by atoms with E-state index < -0.39 is 5.97 Å². The molecule has 0 radical (unpaired) electrons. The molecule has 0 heterocycles. The quantitative estimate of drug-likeness (QED) is 0.817. The SMILES string of the molecule is CCOc1cc(CC(=O)NC2CC2)ccc1C(=O)O. The molecular formula is C14H17NO4. The van der Waals surface area contributed by atoms with Crippen LogP contribution in [0.15, 0.2) is 18.2 Å². The van der Waals surface area contributed by atoms with Gasteiger partial charge in [-0.3, -0.25) is 4.79 Å². The fourth-order valence-electron chi connectivity index (χ4n) is 1.82. The Kier molecular flexibility index (Phi) is 4.04. The molecule has 1 aromatic rings. The summed E-state index contributed by atoms with van der Waals surface area (Å²) in [5.41, 5.74) is 0.875. The van der Waals surface area contributed by atoms with Gasteiger partial charge in [0.2, 0.25) is 5.91 Å². The fourth-order valence-corrected chi connectivity index (χ4v) is 1.82. The van der Waals surface area contributed by atoms with Gasteiger partial charge in [-0.1, -0.05) is 6.07 Å². The molecule has 2 N–H and O–H groups in total. The molecule has 19 heavy (non-hydrogen) atoms. The number of aromatic carboxylic acids is 1. The summed E-state index contributed by atoms with van der Waals surface area (Å²) in [7, 11) is 0. The minimum atomic E-state index is -1.03. The first kappa shape index (κ1) is 13.4. The van der Waals surface area contributed by atoms with Crippen LogP contribution in [0.5, 0.6) is 5.75 Å². The van der Waals surface area contributed by atoms with Crippen LogP contribution in [0.2, 0.25) is 0 Å². The fraction of sp³-hybridized carbons (Fsp3) is 0.429. The molecule has 5 heteroatoms. The molecule has 1 saturated carbocycles. The number of carboxylic acids is 1. The molecule has 5 nitrogen and oxygen atoms in total. The van der Waals surface area contributed by atoms with Gasteiger partial charge in [0.1, 0.15) is 11.3 Å². The van der Waals surface area contributed by atoms with Crippen molar-refractivity contribution in [1.82, 2.24) is 5.32 Å². The van der Waals surface area contributed by atoms with Crippen molar-refractivity contribution in [2.45, 2.75) is 32.2 Å². The Morgan fingerprint density at radius 3 is 2.74 bits per heavy atom. The second-order valence-electron chi connectivity index (χ2n) is 4.59. The predicted molar refractivity (Wildman–Crippen MR) is 69.4 cm³/mol. The van der Waals surface area contributed by atoms with Crippen molar-refractivity contribution < 1.29 is 19.4 Å². The third-order valence-electron chi connectivity index (χ3n) is 2.88. The standard InChI is InChI=1S/C14H17NO4/c1-2-19-12-7-9(3-6-11(12)14(17)18)8-13(16)15-10-4-5-10/h3,6-7,10H,2,4-5,8H2,1H3,(H,15,16)(H,17,18). The van der Waals surface area contributed by atoms with Crippen LogP contribution in [0.1, 0.15) is 35.7 Å². The lowest BCUT2D eigenvalue weighted by Gasteiger charge is -2.09. The van der Waals surface area contributed by atoms with Crippen molar-refractivity contribution in [1.29, 1.82) is 0 Å². The molecule has 0 saturated heterocycles. The van der Waals surface area contributed by atoms with Gasteiger partial charge in [0.05, 0.1) is 13.0 Å². The van der Waals surface area contributed by atoms with E-state index in [1.54, 1.807) is 19.1 Å². The number of ether oxygens (including phenoxy) is 1. The largest absolute Gasteiger partial charge is 0.493 e. The topological polar surface area (TPSA) is 75.6 Å². The highest BCUT2D eigenvalue weighted by Crippen LogP contribution is 2.22. The van der Waals surface area contributed by atoms with E-state index in [1.165, 1.54) is 6.07 Å². The van der Waals surface area contributed by atoms with E-state index in [4.69, 9.17) is 9.84 Å². The maximum atomic E-state index is 11.7. The summed E-state index contributed by atoms with van der Waals surface area (Å²) in [6.07, 6.45) is 2.35. The van der Waals surface area contributed by atoms with Crippen molar-refractivity contribution in [3.05, 3.63) is 29.3 Å². The second kappa shape index (κ2) is 5.73. The molecular weight excluding hydrogens is 246 g/mol. The molecule has 0 bridgehead atoms. The van der Waals surface area contributed by atoms with Crippen LogP contribution in [-0.2, 0) is 11.2 Å². The van der Waals surface area contributed by atoms with Gasteiger partial charge in [-0.2, -0.15) is 0 Å². The molecule has 2 rings (SSSR count). The third-order valence-corrected chi connectivity index (χ3v) is 2.88. The van der Waals surface area contributed by atoms with Crippen LogP contribution in [0.4, 0.5) is 0 Å². The number of carboxylic acid groups (broad SMARTS) is 1. The molecule has 1 aliphatic carbocycles. The van der Waals surface area contributed by atoms with E-state index in [0.29, 0.717) is 18.4 Å². The van der Waals surface area contributed by atoms with Crippen LogP contribution in [0, 0.1) is 0 Å². The Morgan fingerprint density at radius 2 is 2.16 bits per heavy atom.